The Kier molecular flexibility index (Phi) is 4.86. The first-order valence-corrected chi connectivity index (χ1v) is 5.37. The fourth-order valence-corrected chi connectivity index (χ4v) is 1.48. The summed E-state index contributed by atoms with van der Waals surface area (Å²) in [6.07, 6.45) is -2.92. The number of rotatable bonds is 5. The van der Waals surface area contributed by atoms with E-state index < -0.39 is 12.7 Å². The van der Waals surface area contributed by atoms with E-state index in [9.17, 15) is 13.2 Å². The van der Waals surface area contributed by atoms with Crippen molar-refractivity contribution in [2.45, 2.75) is 6.18 Å². The number of ether oxygens (including phenoxy) is 1. The number of aromatic nitrogens is 1. The summed E-state index contributed by atoms with van der Waals surface area (Å²) in [7, 11) is 1.46. The lowest BCUT2D eigenvalue weighted by Crippen LogP contribution is -2.36. The number of methoxy groups -OCH3 is 1. The predicted molar refractivity (Wildman–Crippen MR) is 59.8 cm³/mol. The molecule has 3 nitrogen and oxygen atoms in total. The fourth-order valence-electron chi connectivity index (χ4n) is 1.27. The first-order valence-electron chi connectivity index (χ1n) is 4.84. The van der Waals surface area contributed by atoms with Crippen molar-refractivity contribution < 1.29 is 17.9 Å². The van der Waals surface area contributed by atoms with Gasteiger partial charge in [-0.1, -0.05) is 0 Å². The topological polar surface area (TPSA) is 25.4 Å². The van der Waals surface area contributed by atoms with Gasteiger partial charge in [0.1, 0.15) is 18.1 Å². The Morgan fingerprint density at radius 3 is 2.53 bits per heavy atom. The molecule has 0 spiro atoms. The van der Waals surface area contributed by atoms with Crippen LogP contribution in [0, 0.1) is 0 Å². The van der Waals surface area contributed by atoms with Crippen LogP contribution in [0.25, 0.3) is 0 Å². The Balaban J connectivity index is 2.81. The minimum atomic E-state index is -4.28. The van der Waals surface area contributed by atoms with Crippen molar-refractivity contribution in [3.05, 3.63) is 18.3 Å². The third-order valence-corrected chi connectivity index (χ3v) is 2.17. The van der Waals surface area contributed by atoms with E-state index in [2.05, 4.69) is 4.98 Å². The summed E-state index contributed by atoms with van der Waals surface area (Å²) >= 11 is 5.47. The predicted octanol–water partition coefficient (Wildman–Crippen LogP) is 2.70. The van der Waals surface area contributed by atoms with Crippen LogP contribution >= 0.6 is 11.6 Å². The van der Waals surface area contributed by atoms with Crippen LogP contribution in [0.15, 0.2) is 18.3 Å². The second-order valence-corrected chi connectivity index (χ2v) is 3.66. The lowest BCUT2D eigenvalue weighted by molar-refractivity contribution is -0.119. The van der Waals surface area contributed by atoms with Crippen LogP contribution in [0.5, 0.6) is 5.75 Å². The van der Waals surface area contributed by atoms with Crippen LogP contribution in [-0.4, -0.2) is 37.2 Å². The highest BCUT2D eigenvalue weighted by Crippen LogP contribution is 2.21. The van der Waals surface area contributed by atoms with Gasteiger partial charge in [0.2, 0.25) is 0 Å². The Bertz CT molecular complexity index is 342. The third-order valence-electron chi connectivity index (χ3n) is 2.01. The molecule has 1 aromatic rings. The summed E-state index contributed by atoms with van der Waals surface area (Å²) in [6.45, 7) is -0.987. The highest BCUT2D eigenvalue weighted by atomic mass is 35.5. The highest BCUT2D eigenvalue weighted by molar-refractivity contribution is 6.18. The van der Waals surface area contributed by atoms with Crippen LogP contribution in [0.4, 0.5) is 19.0 Å². The number of hydrogen-bond donors (Lipinski definition) is 0. The molecule has 96 valence electrons. The zero-order chi connectivity index (χ0) is 12.9. The maximum Gasteiger partial charge on any atom is 0.405 e. The van der Waals surface area contributed by atoms with Crippen molar-refractivity contribution in [2.75, 3.05) is 31.0 Å². The van der Waals surface area contributed by atoms with Crippen LogP contribution in [0.3, 0.4) is 0 Å². The highest BCUT2D eigenvalue weighted by Gasteiger charge is 2.31. The van der Waals surface area contributed by atoms with E-state index >= 15 is 0 Å². The van der Waals surface area contributed by atoms with Gasteiger partial charge in [0, 0.05) is 12.4 Å². The SMILES string of the molecule is COc1ccc(N(CCCl)CC(F)(F)F)nc1. The fraction of sp³-hybridized carbons (Fsp3) is 0.500. The van der Waals surface area contributed by atoms with Gasteiger partial charge in [0.05, 0.1) is 13.3 Å². The van der Waals surface area contributed by atoms with E-state index in [4.69, 9.17) is 16.3 Å². The smallest absolute Gasteiger partial charge is 0.405 e. The molecule has 0 aliphatic carbocycles. The number of pyridine rings is 1. The standard InChI is InChI=1S/C10H12ClF3N2O/c1-17-8-2-3-9(15-6-8)16(5-4-11)7-10(12,13)14/h2-3,6H,4-5,7H2,1H3. The van der Waals surface area contributed by atoms with E-state index in [0.717, 1.165) is 4.90 Å². The second kappa shape index (κ2) is 5.95. The maximum absolute atomic E-state index is 12.3. The van der Waals surface area contributed by atoms with Crippen molar-refractivity contribution in [2.24, 2.45) is 0 Å². The lowest BCUT2D eigenvalue weighted by Gasteiger charge is -2.23. The number of halogens is 4. The molecule has 0 aliphatic rings. The van der Waals surface area contributed by atoms with Gasteiger partial charge in [0.15, 0.2) is 0 Å². The Hall–Kier alpha value is -1.17. The zero-order valence-electron chi connectivity index (χ0n) is 9.17. The number of anilines is 1. The molecular weight excluding hydrogens is 257 g/mol. The van der Waals surface area contributed by atoms with Gasteiger partial charge in [-0.15, -0.1) is 11.6 Å². The van der Waals surface area contributed by atoms with Gasteiger partial charge < -0.3 is 9.64 Å². The molecule has 0 atom stereocenters. The molecule has 0 saturated carbocycles. The summed E-state index contributed by atoms with van der Waals surface area (Å²) in [4.78, 5) is 4.97. The van der Waals surface area contributed by atoms with Crippen LogP contribution < -0.4 is 9.64 Å². The van der Waals surface area contributed by atoms with E-state index in [1.807, 2.05) is 0 Å². The molecule has 0 aliphatic heterocycles. The molecule has 0 amide bonds. The molecule has 0 saturated heterocycles. The molecule has 7 heteroatoms. The van der Waals surface area contributed by atoms with Gasteiger partial charge in [-0.25, -0.2) is 4.98 Å². The zero-order valence-corrected chi connectivity index (χ0v) is 9.92. The van der Waals surface area contributed by atoms with Crippen molar-refractivity contribution in [1.29, 1.82) is 0 Å². The van der Waals surface area contributed by atoms with Crippen LogP contribution in [-0.2, 0) is 0 Å². The Morgan fingerprint density at radius 2 is 2.12 bits per heavy atom. The van der Waals surface area contributed by atoms with Crippen molar-refractivity contribution in [1.82, 2.24) is 4.98 Å². The average Bonchev–Trinajstić information content (AvgIpc) is 2.27. The normalized spacial score (nSPS) is 11.4. The molecule has 17 heavy (non-hydrogen) atoms. The molecule has 0 unspecified atom stereocenters. The minimum absolute atomic E-state index is 0.0837. The number of hydrogen-bond acceptors (Lipinski definition) is 3. The summed E-state index contributed by atoms with van der Waals surface area (Å²) in [6, 6.07) is 3.02. The molecule has 0 N–H and O–H groups in total. The molecule has 0 radical (unpaired) electrons. The van der Waals surface area contributed by atoms with Crippen molar-refractivity contribution >= 4 is 17.4 Å². The third kappa shape index (κ3) is 4.68. The van der Waals surface area contributed by atoms with E-state index in [-0.39, 0.29) is 18.2 Å². The summed E-state index contributed by atoms with van der Waals surface area (Å²) < 4.78 is 41.8. The van der Waals surface area contributed by atoms with Crippen LogP contribution in [0.2, 0.25) is 0 Å². The lowest BCUT2D eigenvalue weighted by atomic mass is 10.4. The summed E-state index contributed by atoms with van der Waals surface area (Å²) in [5.74, 6) is 0.819. The number of nitrogens with zero attached hydrogens (tertiary/aromatic N) is 2. The van der Waals surface area contributed by atoms with E-state index in [1.165, 1.54) is 19.4 Å². The van der Waals surface area contributed by atoms with Gasteiger partial charge in [0.25, 0.3) is 0 Å². The molecule has 0 fully saturated rings. The Labute approximate surface area is 102 Å². The molecule has 0 aromatic carbocycles. The quantitative estimate of drug-likeness (QED) is 0.768. The van der Waals surface area contributed by atoms with Gasteiger partial charge in [-0.05, 0) is 12.1 Å². The average molecular weight is 269 g/mol. The summed E-state index contributed by atoms with van der Waals surface area (Å²) in [5, 5.41) is 0. The van der Waals surface area contributed by atoms with E-state index in [0.29, 0.717) is 5.75 Å². The summed E-state index contributed by atoms with van der Waals surface area (Å²) in [5.41, 5.74) is 0. The largest absolute Gasteiger partial charge is 0.495 e. The number of alkyl halides is 4. The van der Waals surface area contributed by atoms with Crippen LogP contribution in [0.1, 0.15) is 0 Å². The molecule has 1 aromatic heterocycles. The molecule has 0 bridgehead atoms. The monoisotopic (exact) mass is 268 g/mol. The first kappa shape index (κ1) is 13.9. The van der Waals surface area contributed by atoms with Crippen molar-refractivity contribution in [3.8, 4) is 5.75 Å². The molecule has 1 heterocycles. The minimum Gasteiger partial charge on any atom is -0.495 e. The Morgan fingerprint density at radius 1 is 1.41 bits per heavy atom. The van der Waals surface area contributed by atoms with E-state index in [1.54, 1.807) is 6.07 Å². The maximum atomic E-state index is 12.3. The van der Waals surface area contributed by atoms with Gasteiger partial charge in [-0.3, -0.25) is 0 Å². The first-order chi connectivity index (χ1) is 7.96. The molecular formula is C10H12ClF3N2O. The second-order valence-electron chi connectivity index (χ2n) is 3.28. The van der Waals surface area contributed by atoms with Gasteiger partial charge in [-0.2, -0.15) is 13.2 Å². The van der Waals surface area contributed by atoms with Gasteiger partial charge >= 0.3 is 6.18 Å². The molecule has 1 rings (SSSR count). The van der Waals surface area contributed by atoms with Crippen molar-refractivity contribution in [3.63, 3.8) is 0 Å².